The van der Waals surface area contributed by atoms with E-state index in [4.69, 9.17) is 31.4 Å². The molecule has 0 saturated heterocycles. The molecular weight excluding hydrogens is 466 g/mol. The monoisotopic (exact) mass is 523 g/mol. The quantitative estimate of drug-likeness (QED) is 0.292. The van der Waals surface area contributed by atoms with Gasteiger partial charge < -0.3 is 36.5 Å². The van der Waals surface area contributed by atoms with Crippen molar-refractivity contribution in [2.75, 3.05) is 46.1 Å². The van der Waals surface area contributed by atoms with Gasteiger partial charge in [0.25, 0.3) is 0 Å². The molecule has 7 nitrogen and oxygen atoms in total. The Labute approximate surface area is 225 Å². The van der Waals surface area contributed by atoms with E-state index in [0.29, 0.717) is 81.1 Å². The van der Waals surface area contributed by atoms with Crippen molar-refractivity contribution in [2.24, 2.45) is 63.5 Å². The maximum Gasteiger partial charge on any atom is 0.0637 e. The molecule has 0 heterocycles. The molecule has 0 aliphatic heterocycles. The van der Waals surface area contributed by atoms with Crippen molar-refractivity contribution in [3.05, 3.63) is 0 Å². The van der Waals surface area contributed by atoms with Gasteiger partial charge in [0.15, 0.2) is 0 Å². The van der Waals surface area contributed by atoms with Crippen LogP contribution in [-0.2, 0) is 14.2 Å². The molecule has 0 radical (unpaired) electrons. The zero-order chi connectivity index (χ0) is 26.6. The molecule has 0 aromatic rings. The maximum atomic E-state index is 9.52. The number of fused-ring (bicyclic) bond motifs is 5. The summed E-state index contributed by atoms with van der Waals surface area (Å²) in [6.07, 6.45) is 10.9. The molecule has 3 unspecified atom stereocenters. The molecular formula is C30H57N3O4. The van der Waals surface area contributed by atoms with Crippen LogP contribution in [0.1, 0.15) is 78.6 Å². The molecule has 0 amide bonds. The summed E-state index contributed by atoms with van der Waals surface area (Å²) in [5.74, 6) is 3.49. The van der Waals surface area contributed by atoms with Crippen molar-refractivity contribution < 1.29 is 19.3 Å². The molecule has 7 heteroatoms. The van der Waals surface area contributed by atoms with Gasteiger partial charge in [-0.15, -0.1) is 0 Å². The van der Waals surface area contributed by atoms with Crippen LogP contribution in [0.5, 0.6) is 0 Å². The van der Waals surface area contributed by atoms with Gasteiger partial charge in [-0.05, 0) is 98.7 Å². The summed E-state index contributed by atoms with van der Waals surface area (Å²) in [6, 6.07) is 0. The van der Waals surface area contributed by atoms with Gasteiger partial charge in [0, 0.05) is 31.7 Å². The van der Waals surface area contributed by atoms with Crippen LogP contribution in [-0.4, -0.2) is 69.5 Å². The third kappa shape index (κ3) is 5.66. The number of nitrogens with two attached hydrogens (primary N) is 3. The Morgan fingerprint density at radius 1 is 0.865 bits per heavy atom. The van der Waals surface area contributed by atoms with E-state index in [-0.39, 0.29) is 29.6 Å². The van der Waals surface area contributed by atoms with Crippen molar-refractivity contribution in [1.29, 1.82) is 0 Å². The minimum absolute atomic E-state index is 0.111. The van der Waals surface area contributed by atoms with E-state index >= 15 is 0 Å². The average molecular weight is 524 g/mol. The van der Waals surface area contributed by atoms with E-state index in [2.05, 4.69) is 20.8 Å². The van der Waals surface area contributed by atoms with Crippen LogP contribution in [0.3, 0.4) is 0 Å². The first-order valence-corrected chi connectivity index (χ1v) is 15.4. The Bertz CT molecular complexity index is 712. The molecule has 0 bridgehead atoms. The van der Waals surface area contributed by atoms with E-state index in [1.54, 1.807) is 0 Å². The first-order chi connectivity index (χ1) is 17.8. The van der Waals surface area contributed by atoms with Crippen LogP contribution in [0, 0.1) is 46.3 Å². The smallest absolute Gasteiger partial charge is 0.0637 e. The zero-order valence-corrected chi connectivity index (χ0v) is 23.9. The molecule has 4 aliphatic carbocycles. The molecule has 4 saturated carbocycles. The molecule has 0 aromatic heterocycles. The lowest BCUT2D eigenvalue weighted by molar-refractivity contribution is -0.226. The van der Waals surface area contributed by atoms with Gasteiger partial charge in [0.05, 0.1) is 38.1 Å². The predicted octanol–water partition coefficient (Wildman–Crippen LogP) is 3.31. The summed E-state index contributed by atoms with van der Waals surface area (Å²) in [4.78, 5) is 0. The number of aliphatic hydroxyl groups excluding tert-OH is 1. The average Bonchev–Trinajstić information content (AvgIpc) is 3.26. The van der Waals surface area contributed by atoms with E-state index in [9.17, 15) is 5.11 Å². The number of rotatable bonds is 13. The Morgan fingerprint density at radius 3 is 2.27 bits per heavy atom. The van der Waals surface area contributed by atoms with Crippen LogP contribution in [0.25, 0.3) is 0 Å². The van der Waals surface area contributed by atoms with Crippen LogP contribution in [0.4, 0.5) is 0 Å². The topological polar surface area (TPSA) is 126 Å². The standard InChI is InChI=1S/C30H57N3O4/c1-20(5-4-13-34)23-6-7-24-28-25(19-27(30(23,24)3)37-16-12-33)29(2)9-8-22(35-14-10-31)17-21(29)18-26(28)36-15-11-32/h20-28,34H,4-19,31-33H2,1-3H3/t20-,21?,22-,23-,24+,25+,26-,27+,28?,29+,30?/m1/s1. The van der Waals surface area contributed by atoms with Gasteiger partial charge in [0.2, 0.25) is 0 Å². The van der Waals surface area contributed by atoms with Gasteiger partial charge >= 0.3 is 0 Å². The fraction of sp³-hybridized carbons (Fsp3) is 1.00. The van der Waals surface area contributed by atoms with Crippen LogP contribution >= 0.6 is 0 Å². The maximum absolute atomic E-state index is 9.52. The molecule has 0 spiro atoms. The molecule has 216 valence electrons. The lowest BCUT2D eigenvalue weighted by atomic mass is 9.43. The van der Waals surface area contributed by atoms with Crippen molar-refractivity contribution in [3.8, 4) is 0 Å². The SMILES string of the molecule is C[C@H](CCCO)[C@H]1CC[C@H]2C3[C@H](OCCN)CC4C[C@H](OCCN)CC[C@]4(C)[C@H]3C[C@H](OCCN)C12C. The normalized spacial score (nSPS) is 44.2. The highest BCUT2D eigenvalue weighted by Crippen LogP contribution is 2.69. The fourth-order valence-corrected chi connectivity index (χ4v) is 9.92. The van der Waals surface area contributed by atoms with Gasteiger partial charge in [0.1, 0.15) is 0 Å². The van der Waals surface area contributed by atoms with Crippen molar-refractivity contribution >= 4 is 0 Å². The first-order valence-electron chi connectivity index (χ1n) is 15.4. The van der Waals surface area contributed by atoms with Gasteiger partial charge in [-0.25, -0.2) is 0 Å². The molecule has 7 N–H and O–H groups in total. The summed E-state index contributed by atoms with van der Waals surface area (Å²) in [6.45, 7) is 11.4. The van der Waals surface area contributed by atoms with Crippen molar-refractivity contribution in [2.45, 2.75) is 96.9 Å². The number of hydrogen-bond donors (Lipinski definition) is 4. The minimum Gasteiger partial charge on any atom is -0.396 e. The third-order valence-electron chi connectivity index (χ3n) is 11.6. The number of ether oxygens (including phenoxy) is 3. The summed E-state index contributed by atoms with van der Waals surface area (Å²) < 4.78 is 19.6. The highest BCUT2D eigenvalue weighted by Gasteiger charge is 2.66. The highest BCUT2D eigenvalue weighted by atomic mass is 16.5. The second-order valence-electron chi connectivity index (χ2n) is 13.3. The second kappa shape index (κ2) is 12.9. The van der Waals surface area contributed by atoms with Crippen LogP contribution in [0.15, 0.2) is 0 Å². The largest absolute Gasteiger partial charge is 0.396 e. The van der Waals surface area contributed by atoms with Crippen molar-refractivity contribution in [1.82, 2.24) is 0 Å². The molecule has 37 heavy (non-hydrogen) atoms. The Balaban J connectivity index is 1.66. The Hall–Kier alpha value is -0.280. The molecule has 4 fully saturated rings. The van der Waals surface area contributed by atoms with E-state index in [0.717, 1.165) is 38.5 Å². The molecule has 4 rings (SSSR count). The Kier molecular flexibility index (Phi) is 10.4. The van der Waals surface area contributed by atoms with Crippen molar-refractivity contribution in [3.63, 3.8) is 0 Å². The zero-order valence-electron chi connectivity index (χ0n) is 23.9. The van der Waals surface area contributed by atoms with E-state index < -0.39 is 0 Å². The van der Waals surface area contributed by atoms with Crippen LogP contribution in [0.2, 0.25) is 0 Å². The molecule has 11 atom stereocenters. The summed E-state index contributed by atoms with van der Waals surface area (Å²) in [5, 5.41) is 9.52. The lowest BCUT2D eigenvalue weighted by Crippen LogP contribution is -2.63. The summed E-state index contributed by atoms with van der Waals surface area (Å²) >= 11 is 0. The Morgan fingerprint density at radius 2 is 1.57 bits per heavy atom. The highest BCUT2D eigenvalue weighted by molar-refractivity contribution is 5.15. The fourth-order valence-electron chi connectivity index (χ4n) is 9.92. The first kappa shape index (κ1) is 29.7. The van der Waals surface area contributed by atoms with E-state index in [1.165, 1.54) is 19.3 Å². The minimum atomic E-state index is 0.111. The number of aliphatic hydroxyl groups is 1. The lowest BCUT2D eigenvalue weighted by Gasteiger charge is -2.64. The second-order valence-corrected chi connectivity index (χ2v) is 13.3. The number of hydrogen-bond acceptors (Lipinski definition) is 7. The summed E-state index contributed by atoms with van der Waals surface area (Å²) in [7, 11) is 0. The molecule has 0 aromatic carbocycles. The van der Waals surface area contributed by atoms with Crippen LogP contribution < -0.4 is 17.2 Å². The van der Waals surface area contributed by atoms with E-state index in [1.807, 2.05) is 0 Å². The third-order valence-corrected chi connectivity index (χ3v) is 11.6. The predicted molar refractivity (Wildman–Crippen MR) is 148 cm³/mol. The summed E-state index contributed by atoms with van der Waals surface area (Å²) in [5.41, 5.74) is 18.1. The van der Waals surface area contributed by atoms with Gasteiger partial charge in [-0.1, -0.05) is 20.8 Å². The van der Waals surface area contributed by atoms with Gasteiger partial charge in [-0.2, -0.15) is 0 Å². The van der Waals surface area contributed by atoms with Gasteiger partial charge in [-0.3, -0.25) is 0 Å². The molecule has 4 aliphatic rings.